The molecule has 3 heterocycles. The van der Waals surface area contributed by atoms with Crippen LogP contribution in [0.15, 0.2) is 16.3 Å². The number of amides is 1. The summed E-state index contributed by atoms with van der Waals surface area (Å²) in [5.41, 5.74) is 0. The van der Waals surface area contributed by atoms with Crippen LogP contribution in [0, 0.1) is 12.8 Å². The van der Waals surface area contributed by atoms with Crippen molar-refractivity contribution in [2.45, 2.75) is 49.8 Å². The number of likely N-dealkylation sites (N-methyl/N-ethyl adjacent to an activating group) is 1. The fourth-order valence-electron chi connectivity index (χ4n) is 3.96. The van der Waals surface area contributed by atoms with E-state index in [2.05, 4.69) is 17.1 Å². The zero-order chi connectivity index (χ0) is 18.7. The van der Waals surface area contributed by atoms with E-state index in [0.717, 1.165) is 37.2 Å². The fraction of sp³-hybridized carbons (Fsp3) is 0.722. The van der Waals surface area contributed by atoms with Crippen LogP contribution in [-0.2, 0) is 14.8 Å². The van der Waals surface area contributed by atoms with Gasteiger partial charge in [0, 0.05) is 30.6 Å². The largest absolute Gasteiger partial charge is 0.354 e. The molecular weight excluding hydrogens is 370 g/mol. The molecule has 2 atom stereocenters. The number of rotatable bonds is 6. The second kappa shape index (κ2) is 8.37. The molecule has 146 valence electrons. The number of sulfonamides is 1. The van der Waals surface area contributed by atoms with Crippen molar-refractivity contribution in [2.24, 2.45) is 5.92 Å². The van der Waals surface area contributed by atoms with Crippen LogP contribution in [0.25, 0.3) is 0 Å². The number of nitrogens with one attached hydrogen (secondary N) is 1. The van der Waals surface area contributed by atoms with Gasteiger partial charge in [0.25, 0.3) is 10.0 Å². The monoisotopic (exact) mass is 399 g/mol. The van der Waals surface area contributed by atoms with Crippen LogP contribution in [0.5, 0.6) is 0 Å². The normalized spacial score (nSPS) is 25.5. The standard InChI is InChI=1S/C18H29N3O3S2/c1-3-20-10-5-7-16(20)12-19-18(22)15-6-4-11-21(13-15)26(23,24)17-9-8-14(2)25-17/h8-9,15-16H,3-7,10-13H2,1-2H3,(H,19,22). The van der Waals surface area contributed by atoms with Gasteiger partial charge in [-0.1, -0.05) is 6.92 Å². The Bertz CT molecular complexity index is 732. The Morgan fingerprint density at radius 2 is 2.04 bits per heavy atom. The van der Waals surface area contributed by atoms with Crippen molar-refractivity contribution in [1.82, 2.24) is 14.5 Å². The topological polar surface area (TPSA) is 69.7 Å². The van der Waals surface area contributed by atoms with Gasteiger partial charge in [0.15, 0.2) is 0 Å². The minimum Gasteiger partial charge on any atom is -0.354 e. The first kappa shape index (κ1) is 19.8. The molecule has 1 aromatic heterocycles. The summed E-state index contributed by atoms with van der Waals surface area (Å²) in [6.45, 7) is 7.61. The van der Waals surface area contributed by atoms with Gasteiger partial charge >= 0.3 is 0 Å². The lowest BCUT2D eigenvalue weighted by Gasteiger charge is -2.31. The van der Waals surface area contributed by atoms with Crippen molar-refractivity contribution < 1.29 is 13.2 Å². The van der Waals surface area contributed by atoms with E-state index in [9.17, 15) is 13.2 Å². The minimum atomic E-state index is -3.49. The van der Waals surface area contributed by atoms with Crippen molar-refractivity contribution >= 4 is 27.3 Å². The smallest absolute Gasteiger partial charge is 0.252 e. The van der Waals surface area contributed by atoms with Crippen LogP contribution in [0.3, 0.4) is 0 Å². The molecule has 6 nitrogen and oxygen atoms in total. The van der Waals surface area contributed by atoms with Crippen LogP contribution in [0.4, 0.5) is 0 Å². The molecule has 2 saturated heterocycles. The van der Waals surface area contributed by atoms with E-state index in [4.69, 9.17) is 0 Å². The number of thiophene rings is 1. The van der Waals surface area contributed by atoms with Crippen molar-refractivity contribution in [2.75, 3.05) is 32.7 Å². The third kappa shape index (κ3) is 4.30. The van der Waals surface area contributed by atoms with Crippen LogP contribution in [0.2, 0.25) is 0 Å². The maximum Gasteiger partial charge on any atom is 0.252 e. The predicted molar refractivity (Wildman–Crippen MR) is 104 cm³/mol. The van der Waals surface area contributed by atoms with Crippen molar-refractivity contribution in [1.29, 1.82) is 0 Å². The lowest BCUT2D eigenvalue weighted by atomic mass is 9.98. The fourth-order valence-corrected chi connectivity index (χ4v) is 6.92. The van der Waals surface area contributed by atoms with Gasteiger partial charge in [-0.3, -0.25) is 9.69 Å². The minimum absolute atomic E-state index is 0.00443. The second-order valence-corrected chi connectivity index (χ2v) is 10.7. The van der Waals surface area contributed by atoms with Crippen molar-refractivity contribution in [3.63, 3.8) is 0 Å². The van der Waals surface area contributed by atoms with Gasteiger partial charge in [0.05, 0.1) is 5.92 Å². The number of piperidine rings is 1. The van der Waals surface area contributed by atoms with Gasteiger partial charge in [-0.2, -0.15) is 4.31 Å². The number of likely N-dealkylation sites (tertiary alicyclic amines) is 1. The first-order valence-corrected chi connectivity index (χ1v) is 11.8. The zero-order valence-corrected chi connectivity index (χ0v) is 17.2. The molecule has 0 saturated carbocycles. The Hall–Kier alpha value is -0.960. The molecule has 2 aliphatic heterocycles. The molecule has 3 rings (SSSR count). The summed E-state index contributed by atoms with van der Waals surface area (Å²) in [5.74, 6) is -0.258. The Morgan fingerprint density at radius 1 is 1.27 bits per heavy atom. The van der Waals surface area contributed by atoms with Crippen LogP contribution in [-0.4, -0.2) is 62.3 Å². The van der Waals surface area contributed by atoms with E-state index >= 15 is 0 Å². The lowest BCUT2D eigenvalue weighted by Crippen LogP contribution is -2.47. The Balaban J connectivity index is 1.58. The third-order valence-electron chi connectivity index (χ3n) is 5.48. The molecule has 1 aromatic rings. The van der Waals surface area contributed by atoms with Crippen molar-refractivity contribution in [3.05, 3.63) is 17.0 Å². The molecule has 0 aromatic carbocycles. The maximum atomic E-state index is 12.8. The number of nitrogens with zero attached hydrogens (tertiary/aromatic N) is 2. The molecule has 1 amide bonds. The lowest BCUT2D eigenvalue weighted by molar-refractivity contribution is -0.126. The molecule has 2 unspecified atom stereocenters. The van der Waals surface area contributed by atoms with E-state index in [1.807, 2.05) is 13.0 Å². The third-order valence-corrected chi connectivity index (χ3v) is 8.82. The molecule has 2 aliphatic rings. The van der Waals surface area contributed by atoms with Gasteiger partial charge in [0.1, 0.15) is 4.21 Å². The quantitative estimate of drug-likeness (QED) is 0.795. The highest BCUT2D eigenvalue weighted by molar-refractivity contribution is 7.91. The van der Waals surface area contributed by atoms with Gasteiger partial charge in [-0.05, 0) is 57.8 Å². The first-order valence-electron chi connectivity index (χ1n) is 9.50. The molecule has 1 N–H and O–H groups in total. The predicted octanol–water partition coefficient (Wildman–Crippen LogP) is 2.06. The number of hydrogen-bond acceptors (Lipinski definition) is 5. The zero-order valence-electron chi connectivity index (χ0n) is 15.6. The Labute approximate surface area is 160 Å². The number of hydrogen-bond donors (Lipinski definition) is 1. The van der Waals surface area contributed by atoms with E-state index in [0.29, 0.717) is 23.3 Å². The van der Waals surface area contributed by atoms with Crippen LogP contribution < -0.4 is 5.32 Å². The summed E-state index contributed by atoms with van der Waals surface area (Å²) >= 11 is 1.29. The van der Waals surface area contributed by atoms with Gasteiger partial charge < -0.3 is 5.32 Å². The molecule has 0 bridgehead atoms. The van der Waals surface area contributed by atoms with Gasteiger partial charge in [-0.25, -0.2) is 8.42 Å². The summed E-state index contributed by atoms with van der Waals surface area (Å²) in [7, 11) is -3.49. The van der Waals surface area contributed by atoms with E-state index in [1.165, 1.54) is 22.1 Å². The molecule has 0 aliphatic carbocycles. The summed E-state index contributed by atoms with van der Waals surface area (Å²) in [6.07, 6.45) is 3.79. The van der Waals surface area contributed by atoms with E-state index in [-0.39, 0.29) is 18.4 Å². The summed E-state index contributed by atoms with van der Waals surface area (Å²) in [4.78, 5) is 16.0. The number of carbonyl (C=O) groups excluding carboxylic acids is 1. The average molecular weight is 400 g/mol. The van der Waals surface area contributed by atoms with Crippen molar-refractivity contribution in [3.8, 4) is 0 Å². The van der Waals surface area contributed by atoms with E-state index in [1.54, 1.807) is 6.07 Å². The van der Waals surface area contributed by atoms with Gasteiger partial charge in [0.2, 0.25) is 5.91 Å². The first-order chi connectivity index (χ1) is 12.4. The average Bonchev–Trinajstić information content (AvgIpc) is 3.28. The number of aryl methyl sites for hydroxylation is 1. The highest BCUT2D eigenvalue weighted by Gasteiger charge is 2.34. The Morgan fingerprint density at radius 3 is 2.73 bits per heavy atom. The molecular formula is C18H29N3O3S2. The van der Waals surface area contributed by atoms with Crippen LogP contribution >= 0.6 is 11.3 Å². The molecule has 26 heavy (non-hydrogen) atoms. The molecule has 0 radical (unpaired) electrons. The van der Waals surface area contributed by atoms with Gasteiger partial charge in [-0.15, -0.1) is 11.3 Å². The Kier molecular flexibility index (Phi) is 6.37. The SMILES string of the molecule is CCN1CCCC1CNC(=O)C1CCCN(S(=O)(=O)c2ccc(C)s2)C1. The highest BCUT2D eigenvalue weighted by atomic mass is 32.2. The molecule has 2 fully saturated rings. The summed E-state index contributed by atoms with van der Waals surface area (Å²) in [5, 5.41) is 3.08. The molecule has 8 heteroatoms. The second-order valence-electron chi connectivity index (χ2n) is 7.24. The molecule has 0 spiro atoms. The summed E-state index contributed by atoms with van der Waals surface area (Å²) in [6, 6.07) is 3.91. The maximum absolute atomic E-state index is 12.8. The summed E-state index contributed by atoms with van der Waals surface area (Å²) < 4.78 is 27.5. The van der Waals surface area contributed by atoms with Crippen LogP contribution in [0.1, 0.15) is 37.5 Å². The number of carbonyl (C=O) groups is 1. The highest BCUT2D eigenvalue weighted by Crippen LogP contribution is 2.28. The van der Waals surface area contributed by atoms with E-state index < -0.39 is 10.0 Å².